The van der Waals surface area contributed by atoms with Gasteiger partial charge in [-0.05, 0) is 44.0 Å². The third-order valence-corrected chi connectivity index (χ3v) is 6.60. The van der Waals surface area contributed by atoms with Crippen molar-refractivity contribution in [3.63, 3.8) is 0 Å². The van der Waals surface area contributed by atoms with Crippen LogP contribution in [0.25, 0.3) is 33.3 Å². The van der Waals surface area contributed by atoms with Crippen LogP contribution in [0.2, 0.25) is 5.15 Å². The number of carbonyl (C=O) groups is 1. The number of aromatic nitrogens is 2. The number of nitrogens with zero attached hydrogens (tertiary/aromatic N) is 2. The molecule has 2 aromatic heterocycles. The molecule has 0 bridgehead atoms. The molecule has 1 N–H and O–H groups in total. The van der Waals surface area contributed by atoms with Gasteiger partial charge in [0.15, 0.2) is 0 Å². The summed E-state index contributed by atoms with van der Waals surface area (Å²) >= 11 is 6.41. The smallest absolute Gasteiger partial charge is 0.408 e. The van der Waals surface area contributed by atoms with E-state index in [9.17, 15) is 4.79 Å². The van der Waals surface area contributed by atoms with E-state index in [0.29, 0.717) is 18.4 Å². The Morgan fingerprint density at radius 1 is 0.974 bits per heavy atom. The second kappa shape index (κ2) is 10.7. The average Bonchev–Trinajstić information content (AvgIpc) is 3.14. The van der Waals surface area contributed by atoms with Crippen molar-refractivity contribution >= 4 is 28.6 Å². The summed E-state index contributed by atoms with van der Waals surface area (Å²) in [7, 11) is 0. The number of pyridine rings is 2. The summed E-state index contributed by atoms with van der Waals surface area (Å²) in [6, 6.07) is 21.9. The molecule has 1 amide bonds. The number of amides is 1. The van der Waals surface area contributed by atoms with Gasteiger partial charge in [0.2, 0.25) is 0 Å². The largest absolute Gasteiger partial charge is 0.444 e. The molecule has 4 aromatic rings. The van der Waals surface area contributed by atoms with Crippen LogP contribution in [0.4, 0.5) is 4.79 Å². The third-order valence-electron chi connectivity index (χ3n) is 6.30. The normalized spacial score (nSPS) is 15.6. The molecule has 0 atom stereocenters. The SMILES string of the molecule is CC(C)(C)OC(=O)NC1(c2ccc(-c3nc4ccnc(Cl)c4cc3-c3ccccc3)cc2)COCCOC1. The predicted octanol–water partition coefficient (Wildman–Crippen LogP) is 6.38. The van der Waals surface area contributed by atoms with Crippen molar-refractivity contribution in [3.05, 3.63) is 83.6 Å². The van der Waals surface area contributed by atoms with Gasteiger partial charge in [0, 0.05) is 22.7 Å². The molecule has 1 saturated heterocycles. The minimum atomic E-state index is -0.893. The Morgan fingerprint density at radius 3 is 2.32 bits per heavy atom. The van der Waals surface area contributed by atoms with E-state index in [4.69, 9.17) is 30.8 Å². The van der Waals surface area contributed by atoms with E-state index in [2.05, 4.69) is 10.3 Å². The zero-order valence-corrected chi connectivity index (χ0v) is 22.4. The van der Waals surface area contributed by atoms with Crippen LogP contribution in [0.3, 0.4) is 0 Å². The number of benzene rings is 2. The fourth-order valence-electron chi connectivity index (χ4n) is 4.53. The van der Waals surface area contributed by atoms with E-state index >= 15 is 0 Å². The summed E-state index contributed by atoms with van der Waals surface area (Å²) in [4.78, 5) is 22.0. The van der Waals surface area contributed by atoms with Crippen molar-refractivity contribution in [2.24, 2.45) is 0 Å². The number of fused-ring (bicyclic) bond motifs is 1. The highest BCUT2D eigenvalue weighted by Gasteiger charge is 2.38. The standard InChI is InChI=1S/C30H30ClN3O4/c1-29(2,3)38-28(35)34-30(18-36-15-16-37-19-30)22-11-9-21(10-12-22)26-23(20-7-5-4-6-8-20)17-24-25(33-26)13-14-32-27(24)31/h4-14,17H,15-16,18-19H2,1-3H3,(H,34,35). The summed E-state index contributed by atoms with van der Waals surface area (Å²) in [6.07, 6.45) is 1.13. The molecule has 0 spiro atoms. The molecule has 0 aliphatic carbocycles. The quantitative estimate of drug-likeness (QED) is 0.307. The van der Waals surface area contributed by atoms with Gasteiger partial charge in [-0.25, -0.2) is 14.8 Å². The van der Waals surface area contributed by atoms with Gasteiger partial charge in [-0.1, -0.05) is 66.2 Å². The Bertz CT molecular complexity index is 1430. The second-order valence-corrected chi connectivity index (χ2v) is 10.7. The predicted molar refractivity (Wildman–Crippen MR) is 148 cm³/mol. The van der Waals surface area contributed by atoms with E-state index in [0.717, 1.165) is 38.9 Å². The lowest BCUT2D eigenvalue weighted by Gasteiger charge is -2.34. The lowest BCUT2D eigenvalue weighted by Crippen LogP contribution is -2.53. The summed E-state index contributed by atoms with van der Waals surface area (Å²) in [5, 5.41) is 4.23. The van der Waals surface area contributed by atoms with E-state index in [1.54, 1.807) is 6.20 Å². The van der Waals surface area contributed by atoms with Crippen LogP contribution in [0, 0.1) is 0 Å². The molecular formula is C30H30ClN3O4. The van der Waals surface area contributed by atoms with Crippen molar-refractivity contribution in [1.29, 1.82) is 0 Å². The summed E-state index contributed by atoms with van der Waals surface area (Å²) < 4.78 is 17.2. The minimum Gasteiger partial charge on any atom is -0.444 e. The van der Waals surface area contributed by atoms with Crippen LogP contribution in [0.5, 0.6) is 0 Å². The van der Waals surface area contributed by atoms with Crippen LogP contribution in [-0.4, -0.2) is 48.1 Å². The maximum Gasteiger partial charge on any atom is 0.408 e. The Balaban J connectivity index is 1.56. The molecule has 2 aromatic carbocycles. The molecule has 1 fully saturated rings. The van der Waals surface area contributed by atoms with Crippen LogP contribution < -0.4 is 5.32 Å². The number of halogens is 1. The molecule has 0 unspecified atom stereocenters. The molecule has 1 aliphatic rings. The summed E-state index contributed by atoms with van der Waals surface area (Å²) in [5.74, 6) is 0. The maximum atomic E-state index is 12.8. The number of alkyl carbamates (subject to hydrolysis) is 1. The van der Waals surface area contributed by atoms with Gasteiger partial charge in [0.25, 0.3) is 0 Å². The van der Waals surface area contributed by atoms with E-state index < -0.39 is 17.2 Å². The molecule has 0 saturated carbocycles. The first-order valence-corrected chi connectivity index (χ1v) is 12.9. The Morgan fingerprint density at radius 2 is 1.66 bits per heavy atom. The lowest BCUT2D eigenvalue weighted by atomic mass is 9.89. The average molecular weight is 532 g/mol. The molecule has 196 valence electrons. The number of carbonyl (C=O) groups excluding carboxylic acids is 1. The highest BCUT2D eigenvalue weighted by Crippen LogP contribution is 2.36. The first kappa shape index (κ1) is 26.1. The van der Waals surface area contributed by atoms with Gasteiger partial charge < -0.3 is 19.5 Å². The van der Waals surface area contributed by atoms with Crippen LogP contribution in [-0.2, 0) is 19.7 Å². The monoisotopic (exact) mass is 531 g/mol. The topological polar surface area (TPSA) is 82.6 Å². The van der Waals surface area contributed by atoms with Gasteiger partial charge in [0.1, 0.15) is 16.3 Å². The maximum absolute atomic E-state index is 12.8. The van der Waals surface area contributed by atoms with E-state index in [1.165, 1.54) is 0 Å². The second-order valence-electron chi connectivity index (χ2n) is 10.3. The lowest BCUT2D eigenvalue weighted by molar-refractivity contribution is 0.0281. The summed E-state index contributed by atoms with van der Waals surface area (Å²) in [6.45, 7) is 6.93. The first-order valence-electron chi connectivity index (χ1n) is 12.5. The minimum absolute atomic E-state index is 0.264. The summed E-state index contributed by atoms with van der Waals surface area (Å²) in [5.41, 5.74) is 3.80. The molecule has 1 aliphatic heterocycles. The van der Waals surface area contributed by atoms with Crippen LogP contribution in [0.15, 0.2) is 72.9 Å². The molecule has 3 heterocycles. The van der Waals surface area contributed by atoms with E-state index in [-0.39, 0.29) is 13.2 Å². The van der Waals surface area contributed by atoms with E-state index in [1.807, 2.05) is 87.5 Å². The molecule has 38 heavy (non-hydrogen) atoms. The van der Waals surface area contributed by atoms with Crippen molar-refractivity contribution in [1.82, 2.24) is 15.3 Å². The van der Waals surface area contributed by atoms with Crippen LogP contribution >= 0.6 is 11.6 Å². The van der Waals surface area contributed by atoms with Crippen molar-refractivity contribution in [3.8, 4) is 22.4 Å². The molecule has 8 heteroatoms. The number of hydrogen-bond donors (Lipinski definition) is 1. The number of hydrogen-bond acceptors (Lipinski definition) is 6. The van der Waals surface area contributed by atoms with Gasteiger partial charge >= 0.3 is 6.09 Å². The Labute approximate surface area is 227 Å². The van der Waals surface area contributed by atoms with Crippen LogP contribution in [0.1, 0.15) is 26.3 Å². The van der Waals surface area contributed by atoms with Gasteiger partial charge in [0.05, 0.1) is 37.6 Å². The van der Waals surface area contributed by atoms with Crippen molar-refractivity contribution < 1.29 is 19.0 Å². The van der Waals surface area contributed by atoms with Gasteiger partial charge in [-0.2, -0.15) is 0 Å². The molecule has 5 rings (SSSR count). The first-order chi connectivity index (χ1) is 18.2. The molecular weight excluding hydrogens is 502 g/mol. The van der Waals surface area contributed by atoms with Gasteiger partial charge in [-0.3, -0.25) is 0 Å². The fourth-order valence-corrected chi connectivity index (χ4v) is 4.74. The Hall–Kier alpha value is -3.52. The zero-order chi connectivity index (χ0) is 26.8. The zero-order valence-electron chi connectivity index (χ0n) is 21.7. The van der Waals surface area contributed by atoms with Crippen molar-refractivity contribution in [2.45, 2.75) is 31.9 Å². The van der Waals surface area contributed by atoms with Gasteiger partial charge in [-0.15, -0.1) is 0 Å². The third kappa shape index (κ3) is 5.65. The number of rotatable bonds is 4. The number of ether oxygens (including phenoxy) is 3. The fraction of sp³-hybridized carbons (Fsp3) is 0.300. The molecule has 7 nitrogen and oxygen atoms in total. The molecule has 0 radical (unpaired) electrons. The highest BCUT2D eigenvalue weighted by atomic mass is 35.5. The highest BCUT2D eigenvalue weighted by molar-refractivity contribution is 6.34. The van der Waals surface area contributed by atoms with Crippen molar-refractivity contribution in [2.75, 3.05) is 26.4 Å². The number of nitrogens with one attached hydrogen (secondary N) is 1. The Kier molecular flexibility index (Phi) is 7.34.